The number of amides is 1. The van der Waals surface area contributed by atoms with Gasteiger partial charge in [-0.2, -0.15) is 0 Å². The minimum Gasteiger partial charge on any atom is -0.381 e. The summed E-state index contributed by atoms with van der Waals surface area (Å²) >= 11 is 0. The first-order valence-corrected chi connectivity index (χ1v) is 6.71. The Hall–Kier alpha value is -1.35. The van der Waals surface area contributed by atoms with Crippen LogP contribution in [-0.2, 0) is 16.0 Å². The Kier molecular flexibility index (Phi) is 3.08. The summed E-state index contributed by atoms with van der Waals surface area (Å²) in [5, 5.41) is 3.17. The molecular formula is C15H19NO2. The summed E-state index contributed by atoms with van der Waals surface area (Å²) in [5.41, 5.74) is 1.16. The Labute approximate surface area is 108 Å². The second kappa shape index (κ2) is 4.73. The first-order chi connectivity index (χ1) is 8.78. The topological polar surface area (TPSA) is 38.3 Å². The van der Waals surface area contributed by atoms with Crippen molar-refractivity contribution in [3.05, 3.63) is 35.9 Å². The monoisotopic (exact) mass is 245 g/mol. The van der Waals surface area contributed by atoms with Gasteiger partial charge in [-0.25, -0.2) is 0 Å². The molecule has 18 heavy (non-hydrogen) atoms. The van der Waals surface area contributed by atoms with Crippen LogP contribution in [0.2, 0.25) is 0 Å². The summed E-state index contributed by atoms with van der Waals surface area (Å²) in [4.78, 5) is 12.2. The molecule has 2 aliphatic heterocycles. The van der Waals surface area contributed by atoms with E-state index in [2.05, 4.69) is 29.6 Å². The van der Waals surface area contributed by atoms with Gasteiger partial charge in [-0.3, -0.25) is 4.79 Å². The van der Waals surface area contributed by atoms with Gasteiger partial charge in [-0.05, 0) is 31.2 Å². The highest BCUT2D eigenvalue weighted by Gasteiger charge is 2.47. The SMILES string of the molecule is O=C1N[C@@H](Cc2ccccc2)CC12CCOCC2. The van der Waals surface area contributed by atoms with Crippen LogP contribution in [0.5, 0.6) is 0 Å². The van der Waals surface area contributed by atoms with Crippen molar-refractivity contribution in [1.29, 1.82) is 0 Å². The van der Waals surface area contributed by atoms with Crippen molar-refractivity contribution in [2.45, 2.75) is 31.7 Å². The molecule has 3 nitrogen and oxygen atoms in total. The first-order valence-electron chi connectivity index (χ1n) is 6.71. The van der Waals surface area contributed by atoms with Crippen LogP contribution in [0.3, 0.4) is 0 Å². The average Bonchev–Trinajstić information content (AvgIpc) is 2.68. The molecule has 0 saturated carbocycles. The summed E-state index contributed by atoms with van der Waals surface area (Å²) in [6.45, 7) is 1.46. The summed E-state index contributed by atoms with van der Waals surface area (Å²) in [5.74, 6) is 0.242. The lowest BCUT2D eigenvalue weighted by molar-refractivity contribution is -0.132. The van der Waals surface area contributed by atoms with E-state index in [1.807, 2.05) is 6.07 Å². The van der Waals surface area contributed by atoms with Crippen LogP contribution in [0, 0.1) is 5.41 Å². The van der Waals surface area contributed by atoms with Crippen molar-refractivity contribution < 1.29 is 9.53 Å². The molecule has 1 aromatic rings. The number of hydrogen-bond donors (Lipinski definition) is 1. The van der Waals surface area contributed by atoms with Crippen molar-refractivity contribution in [2.75, 3.05) is 13.2 Å². The smallest absolute Gasteiger partial charge is 0.226 e. The Morgan fingerprint density at radius 2 is 1.94 bits per heavy atom. The zero-order chi connectivity index (χ0) is 12.4. The van der Waals surface area contributed by atoms with Gasteiger partial charge >= 0.3 is 0 Å². The highest BCUT2D eigenvalue weighted by molar-refractivity contribution is 5.85. The van der Waals surface area contributed by atoms with E-state index in [-0.39, 0.29) is 17.4 Å². The quantitative estimate of drug-likeness (QED) is 0.864. The lowest BCUT2D eigenvalue weighted by Crippen LogP contribution is -2.36. The molecule has 1 amide bonds. The number of carbonyl (C=O) groups is 1. The Morgan fingerprint density at radius 3 is 2.67 bits per heavy atom. The Bertz CT molecular complexity index is 423. The van der Waals surface area contributed by atoms with Gasteiger partial charge < -0.3 is 10.1 Å². The van der Waals surface area contributed by atoms with E-state index in [1.165, 1.54) is 5.56 Å². The summed E-state index contributed by atoms with van der Waals surface area (Å²) in [7, 11) is 0. The molecule has 2 saturated heterocycles. The fourth-order valence-electron chi connectivity index (χ4n) is 3.17. The molecule has 3 heteroatoms. The van der Waals surface area contributed by atoms with Crippen LogP contribution in [0.1, 0.15) is 24.8 Å². The minimum atomic E-state index is -0.141. The molecular weight excluding hydrogens is 226 g/mol. The second-order valence-corrected chi connectivity index (χ2v) is 5.46. The molecule has 2 heterocycles. The molecule has 0 aliphatic carbocycles. The van der Waals surface area contributed by atoms with Crippen LogP contribution >= 0.6 is 0 Å². The molecule has 0 radical (unpaired) electrons. The van der Waals surface area contributed by atoms with Crippen molar-refractivity contribution in [3.8, 4) is 0 Å². The largest absolute Gasteiger partial charge is 0.381 e. The molecule has 3 rings (SSSR count). The van der Waals surface area contributed by atoms with Gasteiger partial charge in [0, 0.05) is 19.3 Å². The van der Waals surface area contributed by atoms with Gasteiger partial charge in [-0.15, -0.1) is 0 Å². The minimum absolute atomic E-state index is 0.141. The fraction of sp³-hybridized carbons (Fsp3) is 0.533. The zero-order valence-corrected chi connectivity index (χ0v) is 10.5. The standard InChI is InChI=1S/C15H19NO2/c17-14-15(6-8-18-9-7-15)11-13(16-14)10-12-4-2-1-3-5-12/h1-5,13H,6-11H2,(H,16,17)/t13-/m0/s1. The van der Waals surface area contributed by atoms with Gasteiger partial charge in [0.1, 0.15) is 0 Å². The van der Waals surface area contributed by atoms with E-state index in [0.29, 0.717) is 0 Å². The van der Waals surface area contributed by atoms with Crippen LogP contribution in [0.4, 0.5) is 0 Å². The van der Waals surface area contributed by atoms with Crippen LogP contribution < -0.4 is 5.32 Å². The highest BCUT2D eigenvalue weighted by Crippen LogP contribution is 2.40. The van der Waals surface area contributed by atoms with E-state index < -0.39 is 0 Å². The predicted molar refractivity (Wildman–Crippen MR) is 69.2 cm³/mol. The predicted octanol–water partition coefficient (Wildman–Crippen LogP) is 1.91. The van der Waals surface area contributed by atoms with E-state index in [0.717, 1.165) is 38.9 Å². The maximum atomic E-state index is 12.2. The summed E-state index contributed by atoms with van der Waals surface area (Å²) in [6, 6.07) is 10.7. The molecule has 2 aliphatic rings. The number of carbonyl (C=O) groups excluding carboxylic acids is 1. The molecule has 1 aromatic carbocycles. The van der Waals surface area contributed by atoms with Crippen molar-refractivity contribution in [1.82, 2.24) is 5.32 Å². The highest BCUT2D eigenvalue weighted by atomic mass is 16.5. The second-order valence-electron chi connectivity index (χ2n) is 5.46. The maximum Gasteiger partial charge on any atom is 0.226 e. The van der Waals surface area contributed by atoms with Crippen molar-refractivity contribution >= 4 is 5.91 Å². The van der Waals surface area contributed by atoms with E-state index in [4.69, 9.17) is 4.74 Å². The molecule has 1 spiro atoms. The Morgan fingerprint density at radius 1 is 1.22 bits per heavy atom. The van der Waals surface area contributed by atoms with E-state index in [1.54, 1.807) is 0 Å². The molecule has 96 valence electrons. The fourth-order valence-corrected chi connectivity index (χ4v) is 3.17. The molecule has 2 fully saturated rings. The number of rotatable bonds is 2. The number of nitrogens with one attached hydrogen (secondary N) is 1. The molecule has 0 unspecified atom stereocenters. The van der Waals surface area contributed by atoms with Crippen LogP contribution in [-0.4, -0.2) is 25.2 Å². The van der Waals surface area contributed by atoms with E-state index in [9.17, 15) is 4.79 Å². The van der Waals surface area contributed by atoms with Gasteiger partial charge in [0.05, 0.1) is 5.41 Å². The number of benzene rings is 1. The van der Waals surface area contributed by atoms with Crippen molar-refractivity contribution in [2.24, 2.45) is 5.41 Å². The first kappa shape index (κ1) is 11.7. The molecule has 1 atom stereocenters. The summed E-state index contributed by atoms with van der Waals surface area (Å²) < 4.78 is 5.38. The van der Waals surface area contributed by atoms with Gasteiger partial charge in [0.25, 0.3) is 0 Å². The zero-order valence-electron chi connectivity index (χ0n) is 10.5. The Balaban J connectivity index is 1.68. The molecule has 0 aromatic heterocycles. The normalized spacial score (nSPS) is 26.2. The lowest BCUT2D eigenvalue weighted by Gasteiger charge is -2.30. The third-order valence-corrected chi connectivity index (χ3v) is 4.23. The van der Waals surface area contributed by atoms with Gasteiger partial charge in [-0.1, -0.05) is 30.3 Å². The third-order valence-electron chi connectivity index (χ3n) is 4.23. The molecule has 0 bridgehead atoms. The van der Waals surface area contributed by atoms with Gasteiger partial charge in [0.15, 0.2) is 0 Å². The summed E-state index contributed by atoms with van der Waals surface area (Å²) in [6.07, 6.45) is 3.66. The number of hydrogen-bond acceptors (Lipinski definition) is 2. The van der Waals surface area contributed by atoms with Crippen LogP contribution in [0.25, 0.3) is 0 Å². The van der Waals surface area contributed by atoms with Crippen molar-refractivity contribution in [3.63, 3.8) is 0 Å². The van der Waals surface area contributed by atoms with Gasteiger partial charge in [0.2, 0.25) is 5.91 Å². The molecule has 1 N–H and O–H groups in total. The maximum absolute atomic E-state index is 12.2. The van der Waals surface area contributed by atoms with E-state index >= 15 is 0 Å². The van der Waals surface area contributed by atoms with Crippen LogP contribution in [0.15, 0.2) is 30.3 Å². The lowest BCUT2D eigenvalue weighted by atomic mass is 9.77. The third kappa shape index (κ3) is 2.15. The average molecular weight is 245 g/mol. The number of ether oxygens (including phenoxy) is 1.